The van der Waals surface area contributed by atoms with Crippen LogP contribution in [-0.2, 0) is 6.42 Å². The Morgan fingerprint density at radius 2 is 1.88 bits per heavy atom. The summed E-state index contributed by atoms with van der Waals surface area (Å²) in [7, 11) is 0. The van der Waals surface area contributed by atoms with Crippen molar-refractivity contribution in [3.8, 4) is 0 Å². The van der Waals surface area contributed by atoms with E-state index < -0.39 is 24.2 Å². The number of nitrogens with zero attached hydrogens (tertiary/aromatic N) is 3. The van der Waals surface area contributed by atoms with E-state index in [1.54, 1.807) is 29.2 Å². The maximum atomic E-state index is 14.0. The van der Waals surface area contributed by atoms with Gasteiger partial charge in [-0.05, 0) is 42.2 Å². The number of benzene rings is 2. The van der Waals surface area contributed by atoms with Gasteiger partial charge in [-0.3, -0.25) is 4.79 Å². The van der Waals surface area contributed by atoms with E-state index in [1.807, 2.05) is 24.3 Å². The number of fused-ring (bicyclic) bond motifs is 2. The molecule has 0 radical (unpaired) electrons. The minimum Gasteiger partial charge on any atom is -0.362 e. The van der Waals surface area contributed by atoms with Crippen LogP contribution in [0.4, 0.5) is 24.7 Å². The first kappa shape index (κ1) is 22.3. The molecule has 0 unspecified atom stereocenters. The van der Waals surface area contributed by atoms with Crippen LogP contribution in [0.1, 0.15) is 46.5 Å². The fourth-order valence-electron chi connectivity index (χ4n) is 4.51. The fourth-order valence-corrected chi connectivity index (χ4v) is 5.04. The third-order valence-electron chi connectivity index (χ3n) is 6.13. The Kier molecular flexibility index (Phi) is 5.64. The Bertz CT molecular complexity index is 1210. The number of hydrogen-bond acceptors (Lipinski definition) is 3. The summed E-state index contributed by atoms with van der Waals surface area (Å²) < 4.78 is 43.7. The maximum absolute atomic E-state index is 14.0. The molecule has 10 heteroatoms. The molecule has 172 valence electrons. The summed E-state index contributed by atoms with van der Waals surface area (Å²) in [6.45, 7) is 0.450. The predicted octanol–water partition coefficient (Wildman–Crippen LogP) is 6.55. The molecule has 0 saturated carbocycles. The third-order valence-corrected chi connectivity index (χ3v) is 7.01. The van der Waals surface area contributed by atoms with Crippen molar-refractivity contribution in [1.82, 2.24) is 9.78 Å². The Morgan fingerprint density at radius 3 is 2.61 bits per heavy atom. The molecular formula is C23H19BrClF3N4O. The van der Waals surface area contributed by atoms with Gasteiger partial charge in [0.05, 0.1) is 6.04 Å². The highest BCUT2D eigenvalue weighted by Crippen LogP contribution is 2.46. The molecule has 3 aromatic rings. The molecule has 2 aromatic carbocycles. The number of para-hydroxylation sites is 1. The second kappa shape index (κ2) is 8.36. The van der Waals surface area contributed by atoms with E-state index in [4.69, 9.17) is 11.6 Å². The van der Waals surface area contributed by atoms with Crippen molar-refractivity contribution in [2.24, 2.45) is 0 Å². The summed E-state index contributed by atoms with van der Waals surface area (Å²) in [6.07, 6.45) is -3.24. The Balaban J connectivity index is 1.55. The summed E-state index contributed by atoms with van der Waals surface area (Å²) in [5.74, 6) is -0.497. The van der Waals surface area contributed by atoms with E-state index in [-0.39, 0.29) is 23.0 Å². The van der Waals surface area contributed by atoms with Crippen LogP contribution in [0.25, 0.3) is 0 Å². The van der Waals surface area contributed by atoms with Crippen molar-refractivity contribution >= 4 is 44.9 Å². The number of aryl methyl sites for hydroxylation is 1. The number of nitrogens with one attached hydrogen (secondary N) is 1. The maximum Gasteiger partial charge on any atom is 0.410 e. The van der Waals surface area contributed by atoms with Gasteiger partial charge in [0, 0.05) is 23.1 Å². The van der Waals surface area contributed by atoms with Crippen LogP contribution in [0.2, 0.25) is 5.02 Å². The lowest BCUT2D eigenvalue weighted by Gasteiger charge is -2.33. The minimum atomic E-state index is -4.56. The van der Waals surface area contributed by atoms with Crippen molar-refractivity contribution in [1.29, 1.82) is 0 Å². The normalized spacial score (nSPS) is 20.1. The average Bonchev–Trinajstić information content (AvgIpc) is 3.14. The highest BCUT2D eigenvalue weighted by Gasteiger charge is 2.48. The molecule has 0 spiro atoms. The zero-order valence-electron chi connectivity index (χ0n) is 17.2. The number of anilines is 2. The van der Waals surface area contributed by atoms with Crippen LogP contribution < -0.4 is 10.2 Å². The molecule has 2 aliphatic rings. The second-order valence-electron chi connectivity index (χ2n) is 8.19. The van der Waals surface area contributed by atoms with E-state index in [9.17, 15) is 18.0 Å². The lowest BCUT2D eigenvalue weighted by molar-refractivity contribution is -0.173. The van der Waals surface area contributed by atoms with Gasteiger partial charge in [-0.2, -0.15) is 18.3 Å². The Hall–Kier alpha value is -2.52. The van der Waals surface area contributed by atoms with E-state index in [2.05, 4.69) is 26.3 Å². The number of amides is 1. The molecule has 2 aliphatic heterocycles. The average molecular weight is 540 g/mol. The molecule has 5 nitrogen and oxygen atoms in total. The van der Waals surface area contributed by atoms with Crippen molar-refractivity contribution < 1.29 is 18.0 Å². The first-order valence-corrected chi connectivity index (χ1v) is 11.7. The number of hydrogen-bond donors (Lipinski definition) is 1. The van der Waals surface area contributed by atoms with E-state index in [1.165, 1.54) is 0 Å². The molecule has 0 bridgehead atoms. The van der Waals surface area contributed by atoms with Gasteiger partial charge in [-0.15, -0.1) is 0 Å². The Morgan fingerprint density at radius 1 is 1.15 bits per heavy atom. The molecule has 1 aromatic heterocycles. The van der Waals surface area contributed by atoms with Crippen molar-refractivity contribution in [3.63, 3.8) is 0 Å². The molecule has 3 heterocycles. The molecule has 1 N–H and O–H groups in total. The van der Waals surface area contributed by atoms with Gasteiger partial charge in [-0.25, -0.2) is 4.68 Å². The first-order valence-electron chi connectivity index (χ1n) is 10.5. The van der Waals surface area contributed by atoms with Crippen molar-refractivity contribution in [2.45, 2.75) is 37.5 Å². The van der Waals surface area contributed by atoms with Crippen molar-refractivity contribution in [2.75, 3.05) is 16.8 Å². The number of aromatic nitrogens is 2. The summed E-state index contributed by atoms with van der Waals surface area (Å²) in [5, 5.41) is 7.08. The number of alkyl halides is 3. The lowest BCUT2D eigenvalue weighted by Crippen LogP contribution is -2.37. The molecule has 1 amide bonds. The summed E-state index contributed by atoms with van der Waals surface area (Å²) in [5.41, 5.74) is 2.26. The van der Waals surface area contributed by atoms with Crippen molar-refractivity contribution in [3.05, 3.63) is 74.8 Å². The standard InChI is InChI=1S/C23H19BrClF3N4O/c24-15-9-7-13(8-10-15)16-12-18(23(26,27)28)32-21(29-16)19(25)20(30-32)22(33)31-11-3-5-14-4-1-2-6-17(14)31/h1-2,4,6-10,16,18,29H,3,5,11-12H2/t16-,18-/m1/s1. The molecule has 0 fully saturated rings. The Labute approximate surface area is 201 Å². The molecule has 2 atom stereocenters. The van der Waals surface area contributed by atoms with Crippen LogP contribution in [0.5, 0.6) is 0 Å². The van der Waals surface area contributed by atoms with Gasteiger partial charge in [0.25, 0.3) is 5.91 Å². The second-order valence-corrected chi connectivity index (χ2v) is 9.48. The van der Waals surface area contributed by atoms with Gasteiger partial charge < -0.3 is 10.2 Å². The molecule has 0 saturated heterocycles. The first-order chi connectivity index (χ1) is 15.7. The summed E-state index contributed by atoms with van der Waals surface area (Å²) in [6, 6.07) is 12.0. The monoisotopic (exact) mass is 538 g/mol. The zero-order chi connectivity index (χ0) is 23.3. The topological polar surface area (TPSA) is 50.2 Å². The highest BCUT2D eigenvalue weighted by molar-refractivity contribution is 9.10. The molecule has 33 heavy (non-hydrogen) atoms. The highest BCUT2D eigenvalue weighted by atomic mass is 79.9. The van der Waals surface area contributed by atoms with Crippen LogP contribution in [0, 0.1) is 0 Å². The van der Waals surface area contributed by atoms with E-state index >= 15 is 0 Å². The quantitative estimate of drug-likeness (QED) is 0.402. The van der Waals surface area contributed by atoms with E-state index in [0.29, 0.717) is 12.1 Å². The number of carbonyl (C=O) groups is 1. The SMILES string of the molecule is O=C(c1nn2c(c1Cl)N[C@@H](c1ccc(Br)cc1)C[C@@H]2C(F)(F)F)N1CCCc2ccccc21. The van der Waals surface area contributed by atoms with Gasteiger partial charge in [-0.1, -0.05) is 57.9 Å². The predicted molar refractivity (Wildman–Crippen MR) is 124 cm³/mol. The number of carbonyl (C=O) groups excluding carboxylic acids is 1. The van der Waals surface area contributed by atoms with Crippen LogP contribution in [0.15, 0.2) is 53.0 Å². The van der Waals surface area contributed by atoms with Gasteiger partial charge in [0.1, 0.15) is 10.8 Å². The largest absolute Gasteiger partial charge is 0.410 e. The smallest absolute Gasteiger partial charge is 0.362 e. The van der Waals surface area contributed by atoms with E-state index in [0.717, 1.165) is 33.2 Å². The van der Waals surface area contributed by atoms with Gasteiger partial charge in [0.2, 0.25) is 0 Å². The number of halogens is 5. The van der Waals surface area contributed by atoms with Crippen LogP contribution in [0.3, 0.4) is 0 Å². The molecular weight excluding hydrogens is 521 g/mol. The van der Waals surface area contributed by atoms with Crippen LogP contribution in [-0.4, -0.2) is 28.4 Å². The van der Waals surface area contributed by atoms with Gasteiger partial charge in [0.15, 0.2) is 11.7 Å². The summed E-state index contributed by atoms with van der Waals surface area (Å²) in [4.78, 5) is 14.9. The molecule has 5 rings (SSSR count). The third kappa shape index (κ3) is 4.01. The zero-order valence-corrected chi connectivity index (χ0v) is 19.6. The fraction of sp³-hybridized carbons (Fsp3) is 0.304. The van der Waals surface area contributed by atoms with Gasteiger partial charge >= 0.3 is 6.18 Å². The lowest BCUT2D eigenvalue weighted by atomic mass is 9.97. The minimum absolute atomic E-state index is 0.00630. The summed E-state index contributed by atoms with van der Waals surface area (Å²) >= 11 is 9.85. The number of rotatable bonds is 2. The molecule has 0 aliphatic carbocycles. The van der Waals surface area contributed by atoms with Crippen LogP contribution >= 0.6 is 27.5 Å².